The van der Waals surface area contributed by atoms with Gasteiger partial charge in [-0.25, -0.2) is 4.21 Å². The summed E-state index contributed by atoms with van der Waals surface area (Å²) in [4.78, 5) is 3.09. The van der Waals surface area contributed by atoms with Crippen LogP contribution in [0.5, 0.6) is 0 Å². The summed E-state index contributed by atoms with van der Waals surface area (Å²) in [6, 6.07) is 0. The maximum atomic E-state index is 10.7. The average molecular weight is 145 g/mol. The Morgan fingerprint density at radius 1 is 1.67 bits per heavy atom. The van der Waals surface area contributed by atoms with Crippen molar-refractivity contribution in [3.8, 4) is 6.19 Å². The smallest absolute Gasteiger partial charge is 0.207 e. The van der Waals surface area contributed by atoms with Crippen LogP contribution in [-0.2, 0) is 9.73 Å². The van der Waals surface area contributed by atoms with Gasteiger partial charge >= 0.3 is 0 Å². The standard InChI is InChI=1S/C4H7N3OS/c1-9(2,8)7-4-6-3-5/h4H,1-2H3. The van der Waals surface area contributed by atoms with Crippen molar-refractivity contribution in [2.24, 2.45) is 9.36 Å². The van der Waals surface area contributed by atoms with E-state index in [-0.39, 0.29) is 0 Å². The first-order valence-corrected chi connectivity index (χ1v) is 4.46. The summed E-state index contributed by atoms with van der Waals surface area (Å²) in [5.74, 6) is 0. The molecule has 0 unspecified atom stereocenters. The van der Waals surface area contributed by atoms with Gasteiger partial charge in [-0.3, -0.25) is 0 Å². The SMILES string of the molecule is CS(C)(=O)=NC=NC#N. The van der Waals surface area contributed by atoms with Gasteiger partial charge in [-0.1, -0.05) is 0 Å². The zero-order chi connectivity index (χ0) is 7.33. The minimum absolute atomic E-state index is 1.00. The highest BCUT2D eigenvalue weighted by atomic mass is 32.2. The second-order valence-electron chi connectivity index (χ2n) is 1.63. The van der Waals surface area contributed by atoms with Crippen LogP contribution in [0.2, 0.25) is 0 Å². The molecule has 0 aliphatic carbocycles. The molecular formula is C4H7N3OS. The molecule has 4 nitrogen and oxygen atoms in total. The molecule has 0 aromatic heterocycles. The van der Waals surface area contributed by atoms with E-state index in [1.54, 1.807) is 0 Å². The fourth-order valence-electron chi connectivity index (χ4n) is 0.163. The monoisotopic (exact) mass is 145 g/mol. The second-order valence-corrected chi connectivity index (χ2v) is 4.20. The molecule has 0 bridgehead atoms. The van der Waals surface area contributed by atoms with Crippen molar-refractivity contribution < 1.29 is 4.21 Å². The van der Waals surface area contributed by atoms with Gasteiger partial charge in [-0.15, -0.1) is 0 Å². The Kier molecular flexibility index (Phi) is 2.88. The van der Waals surface area contributed by atoms with Gasteiger partial charge in [-0.05, 0) is 0 Å². The van der Waals surface area contributed by atoms with Crippen molar-refractivity contribution in [2.75, 3.05) is 12.5 Å². The van der Waals surface area contributed by atoms with E-state index >= 15 is 0 Å². The Bertz CT molecular complexity index is 245. The first-order chi connectivity index (χ1) is 4.06. The second kappa shape index (κ2) is 3.20. The zero-order valence-electron chi connectivity index (χ0n) is 5.24. The fourth-order valence-corrected chi connectivity index (χ4v) is 0.437. The van der Waals surface area contributed by atoms with Crippen molar-refractivity contribution >= 4 is 16.1 Å². The highest BCUT2D eigenvalue weighted by Gasteiger charge is 1.82. The van der Waals surface area contributed by atoms with Crippen LogP contribution in [-0.4, -0.2) is 23.1 Å². The normalized spacial score (nSPS) is 11.2. The van der Waals surface area contributed by atoms with Crippen molar-refractivity contribution in [2.45, 2.75) is 0 Å². The maximum absolute atomic E-state index is 10.7. The van der Waals surface area contributed by atoms with Crippen molar-refractivity contribution in [3.63, 3.8) is 0 Å². The number of hydrogen-bond donors (Lipinski definition) is 0. The van der Waals surface area contributed by atoms with E-state index < -0.39 is 9.73 Å². The van der Waals surface area contributed by atoms with Gasteiger partial charge in [0.25, 0.3) is 0 Å². The van der Waals surface area contributed by atoms with Gasteiger partial charge in [0, 0.05) is 22.2 Å². The lowest BCUT2D eigenvalue weighted by molar-refractivity contribution is 0.685. The molecule has 0 spiro atoms. The first-order valence-electron chi connectivity index (χ1n) is 2.13. The maximum Gasteiger partial charge on any atom is 0.207 e. The van der Waals surface area contributed by atoms with E-state index in [0.29, 0.717) is 0 Å². The summed E-state index contributed by atoms with van der Waals surface area (Å²) >= 11 is 0. The quantitative estimate of drug-likeness (QED) is 0.301. The third kappa shape index (κ3) is 7.11. The largest absolute Gasteiger partial charge is 0.250 e. The minimum atomic E-state index is -2.12. The molecule has 5 heteroatoms. The van der Waals surface area contributed by atoms with Gasteiger partial charge in [0.1, 0.15) is 6.34 Å². The Morgan fingerprint density at radius 2 is 2.22 bits per heavy atom. The summed E-state index contributed by atoms with van der Waals surface area (Å²) in [6.07, 6.45) is 5.43. The van der Waals surface area contributed by atoms with Gasteiger partial charge in [0.05, 0.1) is 0 Å². The molecular weight excluding hydrogens is 138 g/mol. The van der Waals surface area contributed by atoms with Gasteiger partial charge in [-0.2, -0.15) is 14.6 Å². The lowest BCUT2D eigenvalue weighted by atomic mass is 11.2. The molecule has 0 radical (unpaired) electrons. The third-order valence-electron chi connectivity index (χ3n) is 0.416. The zero-order valence-corrected chi connectivity index (χ0v) is 6.05. The molecule has 0 atom stereocenters. The van der Waals surface area contributed by atoms with Crippen LogP contribution < -0.4 is 0 Å². The number of aliphatic imine (C=N–C) groups is 1. The summed E-state index contributed by atoms with van der Waals surface area (Å²) in [7, 11) is -2.12. The first kappa shape index (κ1) is 8.11. The number of hydrogen-bond acceptors (Lipinski definition) is 3. The van der Waals surface area contributed by atoms with E-state index in [0.717, 1.165) is 6.34 Å². The van der Waals surface area contributed by atoms with Crippen molar-refractivity contribution in [3.05, 3.63) is 0 Å². The molecule has 0 aromatic rings. The molecule has 0 saturated carbocycles. The summed E-state index contributed by atoms with van der Waals surface area (Å²) in [5.41, 5.74) is 0. The summed E-state index contributed by atoms with van der Waals surface area (Å²) in [6.45, 7) is 0. The lowest BCUT2D eigenvalue weighted by Gasteiger charge is -1.84. The lowest BCUT2D eigenvalue weighted by Crippen LogP contribution is -1.89. The molecule has 0 amide bonds. The minimum Gasteiger partial charge on any atom is -0.250 e. The highest BCUT2D eigenvalue weighted by molar-refractivity contribution is 7.92. The Labute approximate surface area is 54.4 Å². The third-order valence-corrected chi connectivity index (χ3v) is 1.02. The van der Waals surface area contributed by atoms with Crippen molar-refractivity contribution in [1.29, 1.82) is 5.26 Å². The van der Waals surface area contributed by atoms with Gasteiger partial charge < -0.3 is 0 Å². The molecule has 0 N–H and O–H groups in total. The van der Waals surface area contributed by atoms with Crippen LogP contribution in [0, 0.1) is 11.5 Å². The number of rotatable bonds is 1. The van der Waals surface area contributed by atoms with E-state index in [1.165, 1.54) is 18.7 Å². The predicted molar refractivity (Wildman–Crippen MR) is 36.5 cm³/mol. The molecule has 0 aliphatic heterocycles. The number of nitrogens with zero attached hydrogens (tertiary/aromatic N) is 3. The Morgan fingerprint density at radius 3 is 2.56 bits per heavy atom. The Hall–Kier alpha value is -0.890. The molecule has 50 valence electrons. The molecule has 0 saturated heterocycles. The van der Waals surface area contributed by atoms with Crippen LogP contribution in [0.1, 0.15) is 0 Å². The highest BCUT2D eigenvalue weighted by Crippen LogP contribution is 1.78. The van der Waals surface area contributed by atoms with Crippen molar-refractivity contribution in [1.82, 2.24) is 0 Å². The average Bonchev–Trinajstić information content (AvgIpc) is 1.63. The van der Waals surface area contributed by atoms with E-state index in [9.17, 15) is 4.21 Å². The molecule has 0 fully saturated rings. The van der Waals surface area contributed by atoms with Crippen LogP contribution in [0.3, 0.4) is 0 Å². The predicted octanol–water partition coefficient (Wildman–Crippen LogP) is 0.223. The summed E-state index contributed by atoms with van der Waals surface area (Å²) in [5, 5.41) is 7.86. The van der Waals surface area contributed by atoms with Crippen LogP contribution in [0.15, 0.2) is 9.36 Å². The van der Waals surface area contributed by atoms with Gasteiger partial charge in [0.2, 0.25) is 6.19 Å². The number of nitriles is 1. The van der Waals surface area contributed by atoms with E-state index in [2.05, 4.69) is 9.36 Å². The fraction of sp³-hybridized carbons (Fsp3) is 0.500. The molecule has 9 heavy (non-hydrogen) atoms. The molecule has 0 aromatic carbocycles. The van der Waals surface area contributed by atoms with Crippen LogP contribution in [0.25, 0.3) is 0 Å². The van der Waals surface area contributed by atoms with E-state index in [1.807, 2.05) is 0 Å². The van der Waals surface area contributed by atoms with E-state index in [4.69, 9.17) is 5.26 Å². The van der Waals surface area contributed by atoms with Gasteiger partial charge in [0.15, 0.2) is 0 Å². The summed E-state index contributed by atoms with van der Waals surface area (Å²) < 4.78 is 14.2. The molecule has 0 heterocycles. The topological polar surface area (TPSA) is 65.6 Å². The van der Waals surface area contributed by atoms with Crippen LogP contribution in [0.4, 0.5) is 0 Å². The molecule has 0 rings (SSSR count). The van der Waals surface area contributed by atoms with Crippen LogP contribution >= 0.6 is 0 Å². The Balaban J connectivity index is 4.23. The molecule has 0 aliphatic rings.